The summed E-state index contributed by atoms with van der Waals surface area (Å²) in [5.41, 5.74) is 1.65. The summed E-state index contributed by atoms with van der Waals surface area (Å²) in [6.45, 7) is 5.97. The molecular formula is C15H22N4O. The van der Waals surface area contributed by atoms with Crippen molar-refractivity contribution in [3.63, 3.8) is 0 Å². The van der Waals surface area contributed by atoms with Crippen molar-refractivity contribution in [1.29, 1.82) is 0 Å². The van der Waals surface area contributed by atoms with Gasteiger partial charge in [0.15, 0.2) is 0 Å². The molecule has 108 valence electrons. The van der Waals surface area contributed by atoms with Crippen molar-refractivity contribution < 1.29 is 4.79 Å². The molecular weight excluding hydrogens is 252 g/mol. The monoisotopic (exact) mass is 274 g/mol. The second-order valence-corrected chi connectivity index (χ2v) is 4.34. The number of anilines is 1. The maximum atomic E-state index is 11.8. The lowest BCUT2D eigenvalue weighted by Crippen LogP contribution is -2.14. The third kappa shape index (κ3) is 4.84. The SMILES string of the molecule is CC.CC(CC(=O)Nc1ccccc1)c1cn(C)nn1. The number of hydrogen-bond acceptors (Lipinski definition) is 3. The third-order valence-corrected chi connectivity index (χ3v) is 2.67. The van der Waals surface area contributed by atoms with E-state index in [1.807, 2.05) is 64.3 Å². The molecule has 0 saturated heterocycles. The third-order valence-electron chi connectivity index (χ3n) is 2.67. The molecule has 1 amide bonds. The number of rotatable bonds is 4. The van der Waals surface area contributed by atoms with E-state index in [-0.39, 0.29) is 11.8 Å². The lowest BCUT2D eigenvalue weighted by Gasteiger charge is -2.08. The fourth-order valence-corrected chi connectivity index (χ4v) is 1.71. The molecule has 1 N–H and O–H groups in total. The van der Waals surface area contributed by atoms with Gasteiger partial charge in [-0.3, -0.25) is 9.48 Å². The van der Waals surface area contributed by atoms with E-state index in [1.54, 1.807) is 4.68 Å². The van der Waals surface area contributed by atoms with Gasteiger partial charge in [-0.2, -0.15) is 0 Å². The zero-order valence-corrected chi connectivity index (χ0v) is 12.5. The second kappa shape index (κ2) is 8.09. The first kappa shape index (κ1) is 15.9. The van der Waals surface area contributed by atoms with E-state index in [2.05, 4.69) is 15.6 Å². The van der Waals surface area contributed by atoms with Crippen molar-refractivity contribution in [3.05, 3.63) is 42.2 Å². The Hall–Kier alpha value is -2.17. The van der Waals surface area contributed by atoms with Gasteiger partial charge in [-0.25, -0.2) is 0 Å². The van der Waals surface area contributed by atoms with Gasteiger partial charge < -0.3 is 5.32 Å². The summed E-state index contributed by atoms with van der Waals surface area (Å²) < 4.78 is 1.64. The van der Waals surface area contributed by atoms with Gasteiger partial charge in [0.1, 0.15) is 0 Å². The first-order chi connectivity index (χ1) is 9.65. The van der Waals surface area contributed by atoms with E-state index in [4.69, 9.17) is 0 Å². The molecule has 0 aliphatic heterocycles. The van der Waals surface area contributed by atoms with Crippen LogP contribution in [-0.4, -0.2) is 20.9 Å². The number of aromatic nitrogens is 3. The molecule has 1 aromatic heterocycles. The van der Waals surface area contributed by atoms with Crippen LogP contribution in [0.4, 0.5) is 5.69 Å². The maximum absolute atomic E-state index is 11.8. The molecule has 20 heavy (non-hydrogen) atoms. The van der Waals surface area contributed by atoms with Crippen molar-refractivity contribution in [2.45, 2.75) is 33.1 Å². The van der Waals surface area contributed by atoms with Crippen LogP contribution in [0, 0.1) is 0 Å². The summed E-state index contributed by atoms with van der Waals surface area (Å²) in [7, 11) is 1.81. The average molecular weight is 274 g/mol. The van der Waals surface area contributed by atoms with Crippen LogP contribution >= 0.6 is 0 Å². The van der Waals surface area contributed by atoms with Crippen molar-refractivity contribution in [3.8, 4) is 0 Å². The van der Waals surface area contributed by atoms with Crippen LogP contribution in [0.25, 0.3) is 0 Å². The molecule has 1 aromatic carbocycles. The van der Waals surface area contributed by atoms with E-state index < -0.39 is 0 Å². The number of hydrogen-bond donors (Lipinski definition) is 1. The smallest absolute Gasteiger partial charge is 0.225 e. The minimum atomic E-state index is -0.0145. The molecule has 5 nitrogen and oxygen atoms in total. The van der Waals surface area contributed by atoms with Crippen molar-refractivity contribution >= 4 is 11.6 Å². The Labute approximate surface area is 120 Å². The minimum absolute atomic E-state index is 0.0145. The van der Waals surface area contributed by atoms with Gasteiger partial charge in [0.25, 0.3) is 0 Å². The maximum Gasteiger partial charge on any atom is 0.225 e. The molecule has 0 aliphatic carbocycles. The molecule has 2 rings (SSSR count). The summed E-state index contributed by atoms with van der Waals surface area (Å²) in [6.07, 6.45) is 2.23. The van der Waals surface area contributed by atoms with Crippen LogP contribution in [0.3, 0.4) is 0 Å². The van der Waals surface area contributed by atoms with E-state index in [1.165, 1.54) is 0 Å². The summed E-state index contributed by atoms with van der Waals surface area (Å²) in [5, 5.41) is 10.7. The molecule has 0 spiro atoms. The zero-order chi connectivity index (χ0) is 15.0. The van der Waals surface area contributed by atoms with Gasteiger partial charge in [0.05, 0.1) is 5.69 Å². The van der Waals surface area contributed by atoms with Crippen LogP contribution < -0.4 is 5.32 Å². The predicted molar refractivity (Wildman–Crippen MR) is 80.5 cm³/mol. The standard InChI is InChI=1S/C13H16N4O.C2H6/c1-10(12-9-17(2)16-15-12)8-13(18)14-11-6-4-3-5-7-11;1-2/h3-7,9-10H,8H2,1-2H3,(H,14,18);1-2H3. The number of benzene rings is 1. The Kier molecular flexibility index (Phi) is 6.43. The number of nitrogens with one attached hydrogen (secondary N) is 1. The van der Waals surface area contributed by atoms with Gasteiger partial charge in [-0.1, -0.05) is 44.2 Å². The van der Waals surface area contributed by atoms with Crippen molar-refractivity contribution in [2.75, 3.05) is 5.32 Å². The molecule has 5 heteroatoms. The molecule has 0 saturated carbocycles. The highest BCUT2D eigenvalue weighted by molar-refractivity contribution is 5.91. The Balaban J connectivity index is 0.000000956. The van der Waals surface area contributed by atoms with Gasteiger partial charge in [-0.05, 0) is 12.1 Å². The fourth-order valence-electron chi connectivity index (χ4n) is 1.71. The summed E-state index contributed by atoms with van der Waals surface area (Å²) in [6, 6.07) is 9.43. The number of aryl methyl sites for hydroxylation is 1. The molecule has 2 aromatic rings. The molecule has 0 fully saturated rings. The lowest BCUT2D eigenvalue weighted by molar-refractivity contribution is -0.116. The van der Waals surface area contributed by atoms with Crippen LogP contribution in [-0.2, 0) is 11.8 Å². The number of para-hydroxylation sites is 1. The number of nitrogens with zero attached hydrogens (tertiary/aromatic N) is 3. The minimum Gasteiger partial charge on any atom is -0.326 e. The van der Waals surface area contributed by atoms with E-state index in [0.29, 0.717) is 6.42 Å². The highest BCUT2D eigenvalue weighted by Crippen LogP contribution is 2.16. The zero-order valence-electron chi connectivity index (χ0n) is 12.5. The van der Waals surface area contributed by atoms with Crippen molar-refractivity contribution in [2.24, 2.45) is 7.05 Å². The first-order valence-electron chi connectivity index (χ1n) is 6.86. The first-order valence-corrected chi connectivity index (χ1v) is 6.86. The summed E-state index contributed by atoms with van der Waals surface area (Å²) in [5.74, 6) is 0.0433. The van der Waals surface area contributed by atoms with Crippen LogP contribution in [0.5, 0.6) is 0 Å². The highest BCUT2D eigenvalue weighted by atomic mass is 16.1. The molecule has 0 bridgehead atoms. The van der Waals surface area contributed by atoms with Crippen LogP contribution in [0.15, 0.2) is 36.5 Å². The van der Waals surface area contributed by atoms with Gasteiger partial charge in [-0.15, -0.1) is 5.10 Å². The summed E-state index contributed by atoms with van der Waals surface area (Å²) in [4.78, 5) is 11.8. The molecule has 1 unspecified atom stereocenters. The van der Waals surface area contributed by atoms with E-state index in [9.17, 15) is 4.79 Å². The quantitative estimate of drug-likeness (QED) is 0.932. The van der Waals surface area contributed by atoms with E-state index >= 15 is 0 Å². The normalized spacial score (nSPS) is 11.2. The van der Waals surface area contributed by atoms with Crippen LogP contribution in [0.1, 0.15) is 38.8 Å². The topological polar surface area (TPSA) is 59.8 Å². The Morgan fingerprint density at radius 3 is 2.50 bits per heavy atom. The Morgan fingerprint density at radius 1 is 1.30 bits per heavy atom. The van der Waals surface area contributed by atoms with Crippen molar-refractivity contribution in [1.82, 2.24) is 15.0 Å². The largest absolute Gasteiger partial charge is 0.326 e. The van der Waals surface area contributed by atoms with Gasteiger partial charge in [0, 0.05) is 31.3 Å². The summed E-state index contributed by atoms with van der Waals surface area (Å²) >= 11 is 0. The van der Waals surface area contributed by atoms with Crippen LogP contribution in [0.2, 0.25) is 0 Å². The second-order valence-electron chi connectivity index (χ2n) is 4.34. The lowest BCUT2D eigenvalue weighted by atomic mass is 10.0. The molecule has 1 atom stereocenters. The predicted octanol–water partition coefficient (Wildman–Crippen LogP) is 2.97. The Morgan fingerprint density at radius 2 is 1.95 bits per heavy atom. The average Bonchev–Trinajstić information content (AvgIpc) is 2.89. The number of carbonyl (C=O) groups is 1. The number of carbonyl (C=O) groups excluding carboxylic acids is 1. The fraction of sp³-hybridized carbons (Fsp3) is 0.400. The van der Waals surface area contributed by atoms with E-state index in [0.717, 1.165) is 11.4 Å². The van der Waals surface area contributed by atoms with Gasteiger partial charge in [0.2, 0.25) is 5.91 Å². The highest BCUT2D eigenvalue weighted by Gasteiger charge is 2.14. The molecule has 0 radical (unpaired) electrons. The Bertz CT molecular complexity index is 522. The van der Waals surface area contributed by atoms with Gasteiger partial charge >= 0.3 is 0 Å². The number of amides is 1. The molecule has 0 aliphatic rings. The molecule has 1 heterocycles.